The summed E-state index contributed by atoms with van der Waals surface area (Å²) in [6.07, 6.45) is 0. The Kier molecular flexibility index (Phi) is 1.72. The monoisotopic (exact) mass is 157 g/mol. The third kappa shape index (κ3) is 1.16. The fourth-order valence-corrected chi connectivity index (χ4v) is 1.04. The van der Waals surface area contributed by atoms with Gasteiger partial charge in [0.25, 0.3) is 0 Å². The second-order valence-electron chi connectivity index (χ2n) is 2.16. The number of nitrogens with two attached hydrogens (primary N) is 1. The van der Waals surface area contributed by atoms with Crippen molar-refractivity contribution >= 4 is 17.3 Å². The molecule has 10 heavy (non-hydrogen) atoms. The summed E-state index contributed by atoms with van der Waals surface area (Å²) in [6, 6.07) is 3.18. The van der Waals surface area contributed by atoms with Gasteiger partial charge in [0.1, 0.15) is 5.75 Å². The van der Waals surface area contributed by atoms with E-state index in [9.17, 15) is 0 Å². The fraction of sp³-hybridized carbons (Fsp3) is 0.143. The Bertz CT molecular complexity index is 237. The van der Waals surface area contributed by atoms with Gasteiger partial charge in [-0.15, -0.1) is 0 Å². The molecule has 0 aromatic heterocycles. The molecule has 1 aromatic carbocycles. The highest BCUT2D eigenvalue weighted by Crippen LogP contribution is 2.27. The molecule has 0 radical (unpaired) electrons. The van der Waals surface area contributed by atoms with Crippen LogP contribution in [0.3, 0.4) is 0 Å². The van der Waals surface area contributed by atoms with Crippen molar-refractivity contribution in [1.82, 2.24) is 0 Å². The maximum atomic E-state index is 9.15. The number of rotatable bonds is 0. The van der Waals surface area contributed by atoms with Crippen LogP contribution in [0.25, 0.3) is 0 Å². The fourth-order valence-electron chi connectivity index (χ4n) is 0.761. The molecule has 0 saturated heterocycles. The van der Waals surface area contributed by atoms with Gasteiger partial charge in [-0.2, -0.15) is 0 Å². The van der Waals surface area contributed by atoms with E-state index in [2.05, 4.69) is 0 Å². The zero-order valence-electron chi connectivity index (χ0n) is 5.56. The first-order valence-corrected chi connectivity index (χ1v) is 3.23. The zero-order chi connectivity index (χ0) is 7.72. The molecular formula is C7H8ClNO. The normalized spacial score (nSPS) is 9.80. The molecule has 0 heterocycles. The van der Waals surface area contributed by atoms with Gasteiger partial charge in [0.15, 0.2) is 0 Å². The van der Waals surface area contributed by atoms with Crippen molar-refractivity contribution in [2.75, 3.05) is 5.73 Å². The van der Waals surface area contributed by atoms with Crippen molar-refractivity contribution in [3.05, 3.63) is 22.7 Å². The van der Waals surface area contributed by atoms with Gasteiger partial charge in [0, 0.05) is 5.02 Å². The van der Waals surface area contributed by atoms with Crippen molar-refractivity contribution in [2.45, 2.75) is 6.92 Å². The summed E-state index contributed by atoms with van der Waals surface area (Å²) in [7, 11) is 0. The number of anilines is 1. The third-order valence-corrected chi connectivity index (χ3v) is 1.51. The van der Waals surface area contributed by atoms with Crippen molar-refractivity contribution in [3.8, 4) is 5.75 Å². The highest BCUT2D eigenvalue weighted by molar-refractivity contribution is 6.31. The zero-order valence-corrected chi connectivity index (χ0v) is 6.31. The van der Waals surface area contributed by atoms with E-state index in [0.717, 1.165) is 0 Å². The Hall–Kier alpha value is -0.890. The van der Waals surface area contributed by atoms with Crippen LogP contribution in [-0.2, 0) is 0 Å². The lowest BCUT2D eigenvalue weighted by Crippen LogP contribution is -1.87. The summed E-state index contributed by atoms with van der Waals surface area (Å²) >= 11 is 5.63. The van der Waals surface area contributed by atoms with E-state index in [1.807, 2.05) is 0 Å². The Morgan fingerprint density at radius 1 is 1.50 bits per heavy atom. The molecule has 0 aliphatic carbocycles. The summed E-state index contributed by atoms with van der Waals surface area (Å²) in [5.74, 6) is 0.115. The van der Waals surface area contributed by atoms with Crippen LogP contribution in [0, 0.1) is 6.92 Å². The topological polar surface area (TPSA) is 46.2 Å². The van der Waals surface area contributed by atoms with Crippen molar-refractivity contribution < 1.29 is 5.11 Å². The smallest absolute Gasteiger partial charge is 0.141 e. The molecule has 1 rings (SSSR count). The van der Waals surface area contributed by atoms with E-state index in [4.69, 9.17) is 22.4 Å². The van der Waals surface area contributed by atoms with E-state index < -0.39 is 0 Å². The van der Waals surface area contributed by atoms with Crippen LogP contribution in [0.15, 0.2) is 12.1 Å². The largest absolute Gasteiger partial charge is 0.506 e. The predicted octanol–water partition coefficient (Wildman–Crippen LogP) is 1.94. The Labute approximate surface area is 64.2 Å². The Morgan fingerprint density at radius 3 is 2.60 bits per heavy atom. The first-order valence-electron chi connectivity index (χ1n) is 2.86. The van der Waals surface area contributed by atoms with Gasteiger partial charge in [-0.25, -0.2) is 0 Å². The summed E-state index contributed by atoms with van der Waals surface area (Å²) in [6.45, 7) is 1.75. The second kappa shape index (κ2) is 2.39. The first kappa shape index (κ1) is 7.22. The predicted molar refractivity (Wildman–Crippen MR) is 42.3 cm³/mol. The summed E-state index contributed by atoms with van der Waals surface area (Å²) in [5, 5.41) is 9.70. The lowest BCUT2D eigenvalue weighted by molar-refractivity contribution is 0.474. The van der Waals surface area contributed by atoms with Crippen LogP contribution in [0.4, 0.5) is 5.69 Å². The number of phenolic OH excluding ortho intramolecular Hbond substituents is 1. The molecule has 3 N–H and O–H groups in total. The van der Waals surface area contributed by atoms with Crippen molar-refractivity contribution in [3.63, 3.8) is 0 Å². The van der Waals surface area contributed by atoms with Gasteiger partial charge >= 0.3 is 0 Å². The second-order valence-corrected chi connectivity index (χ2v) is 2.60. The minimum Gasteiger partial charge on any atom is -0.506 e. The van der Waals surface area contributed by atoms with Gasteiger partial charge < -0.3 is 10.8 Å². The lowest BCUT2D eigenvalue weighted by Gasteiger charge is -2.01. The van der Waals surface area contributed by atoms with Crippen molar-refractivity contribution in [1.29, 1.82) is 0 Å². The van der Waals surface area contributed by atoms with E-state index in [-0.39, 0.29) is 5.75 Å². The molecule has 0 aliphatic heterocycles. The molecule has 0 bridgehead atoms. The number of nitrogen functional groups attached to an aromatic ring is 1. The van der Waals surface area contributed by atoms with E-state index in [1.165, 1.54) is 6.07 Å². The number of benzene rings is 1. The molecule has 2 nitrogen and oxygen atoms in total. The molecule has 0 atom stereocenters. The molecular weight excluding hydrogens is 150 g/mol. The maximum absolute atomic E-state index is 9.15. The summed E-state index contributed by atoms with van der Waals surface area (Å²) < 4.78 is 0. The van der Waals surface area contributed by atoms with Crippen LogP contribution in [0.1, 0.15) is 5.56 Å². The minimum atomic E-state index is 0.115. The summed E-state index contributed by atoms with van der Waals surface area (Å²) in [4.78, 5) is 0. The van der Waals surface area contributed by atoms with Gasteiger partial charge in [-0.1, -0.05) is 11.6 Å². The van der Waals surface area contributed by atoms with E-state index >= 15 is 0 Å². The highest BCUT2D eigenvalue weighted by Gasteiger charge is 2.00. The van der Waals surface area contributed by atoms with Crippen LogP contribution in [-0.4, -0.2) is 5.11 Å². The molecule has 3 heteroatoms. The molecule has 0 spiro atoms. The lowest BCUT2D eigenvalue weighted by atomic mass is 10.2. The Balaban J connectivity index is 3.31. The summed E-state index contributed by atoms with van der Waals surface area (Å²) in [5.41, 5.74) is 6.41. The quantitative estimate of drug-likeness (QED) is 0.447. The van der Waals surface area contributed by atoms with Crippen LogP contribution < -0.4 is 5.73 Å². The van der Waals surface area contributed by atoms with Crippen LogP contribution >= 0.6 is 11.6 Å². The molecule has 0 fully saturated rings. The SMILES string of the molecule is Cc1cc(Cl)cc(N)c1O. The number of phenols is 1. The van der Waals surface area contributed by atoms with Crippen LogP contribution in [0.5, 0.6) is 5.75 Å². The molecule has 0 aliphatic rings. The number of aromatic hydroxyl groups is 1. The molecule has 1 aromatic rings. The van der Waals surface area contributed by atoms with E-state index in [1.54, 1.807) is 13.0 Å². The first-order chi connectivity index (χ1) is 4.61. The van der Waals surface area contributed by atoms with E-state index in [0.29, 0.717) is 16.3 Å². The Morgan fingerprint density at radius 2 is 2.10 bits per heavy atom. The van der Waals surface area contributed by atoms with Gasteiger partial charge in [0.2, 0.25) is 0 Å². The molecule has 0 saturated carbocycles. The van der Waals surface area contributed by atoms with Gasteiger partial charge in [0.05, 0.1) is 5.69 Å². The average Bonchev–Trinajstić information content (AvgIpc) is 1.82. The average molecular weight is 158 g/mol. The van der Waals surface area contributed by atoms with Crippen LogP contribution in [0.2, 0.25) is 5.02 Å². The van der Waals surface area contributed by atoms with Gasteiger partial charge in [-0.3, -0.25) is 0 Å². The highest BCUT2D eigenvalue weighted by atomic mass is 35.5. The van der Waals surface area contributed by atoms with Gasteiger partial charge in [-0.05, 0) is 24.6 Å². The minimum absolute atomic E-state index is 0.115. The number of halogens is 1. The molecule has 0 unspecified atom stereocenters. The van der Waals surface area contributed by atoms with Crippen molar-refractivity contribution in [2.24, 2.45) is 0 Å². The maximum Gasteiger partial charge on any atom is 0.141 e. The standard InChI is InChI=1S/C7H8ClNO/c1-4-2-5(8)3-6(9)7(4)10/h2-3,10H,9H2,1H3. The number of hydrogen-bond acceptors (Lipinski definition) is 2. The molecule has 54 valence electrons. The number of hydrogen-bond donors (Lipinski definition) is 2. The molecule has 0 amide bonds. The third-order valence-electron chi connectivity index (χ3n) is 1.29. The number of aryl methyl sites for hydroxylation is 1.